The third-order valence-electron chi connectivity index (χ3n) is 3.60. The van der Waals surface area contributed by atoms with E-state index >= 15 is 0 Å². The number of fused-ring (bicyclic) bond motifs is 1. The molecule has 0 bridgehead atoms. The lowest BCUT2D eigenvalue weighted by Crippen LogP contribution is -2.07. The molecule has 3 rings (SSSR count). The maximum atomic E-state index is 5.96. The molecule has 0 saturated carbocycles. The van der Waals surface area contributed by atoms with Gasteiger partial charge in [-0.25, -0.2) is 9.67 Å². The molecule has 0 atom stereocenters. The number of nitrogens with zero attached hydrogens (tertiary/aromatic N) is 4. The van der Waals surface area contributed by atoms with Gasteiger partial charge in [0.15, 0.2) is 5.65 Å². The van der Waals surface area contributed by atoms with Crippen LogP contribution in [0, 0.1) is 13.8 Å². The van der Waals surface area contributed by atoms with E-state index < -0.39 is 0 Å². The average molecular weight is 368 g/mol. The summed E-state index contributed by atoms with van der Waals surface area (Å²) in [5.41, 5.74) is 5.18. The predicted octanol–water partition coefficient (Wildman–Crippen LogP) is 3.92. The fourth-order valence-corrected chi connectivity index (χ4v) is 3.16. The van der Waals surface area contributed by atoms with E-state index in [9.17, 15) is 0 Å². The molecule has 0 spiro atoms. The maximum Gasteiger partial charge on any atom is 0.163 e. The molecule has 0 saturated heterocycles. The van der Waals surface area contributed by atoms with E-state index in [1.54, 1.807) is 0 Å². The van der Waals surface area contributed by atoms with Gasteiger partial charge < -0.3 is 0 Å². The molecule has 0 N–H and O–H groups in total. The Morgan fingerprint density at radius 2 is 2.05 bits per heavy atom. The zero-order valence-electron chi connectivity index (χ0n) is 12.2. The number of rotatable bonds is 3. The Hall–Kier alpha value is -1.33. The van der Waals surface area contributed by atoms with Crippen LogP contribution < -0.4 is 0 Å². The summed E-state index contributed by atoms with van der Waals surface area (Å²) in [6.45, 7) is 4.08. The van der Waals surface area contributed by atoms with E-state index in [1.165, 1.54) is 5.56 Å². The minimum absolute atomic E-state index is 0.544. The standard InChI is InChI=1S/C15H16BrClN4/c1-9-4-5-11(16)8-12(9)21-13(6-7-17)18-14-10(2)19-20(3)15(14)21/h4-5,8H,6-7H2,1-3H3. The Morgan fingerprint density at radius 1 is 1.29 bits per heavy atom. The van der Waals surface area contributed by atoms with Crippen LogP contribution in [0.15, 0.2) is 22.7 Å². The van der Waals surface area contributed by atoms with Crippen molar-refractivity contribution in [1.29, 1.82) is 0 Å². The molecular weight excluding hydrogens is 352 g/mol. The van der Waals surface area contributed by atoms with Crippen LogP contribution in [-0.2, 0) is 13.5 Å². The minimum Gasteiger partial charge on any atom is -0.281 e. The quantitative estimate of drug-likeness (QED) is 0.658. The first-order chi connectivity index (χ1) is 10.0. The van der Waals surface area contributed by atoms with Gasteiger partial charge in [0.2, 0.25) is 0 Å². The van der Waals surface area contributed by atoms with E-state index in [0.29, 0.717) is 5.88 Å². The molecular formula is C15H16BrClN4. The smallest absolute Gasteiger partial charge is 0.163 e. The molecule has 3 aromatic rings. The van der Waals surface area contributed by atoms with Crippen LogP contribution in [0.1, 0.15) is 17.1 Å². The average Bonchev–Trinajstić information content (AvgIpc) is 2.93. The van der Waals surface area contributed by atoms with Gasteiger partial charge in [-0.05, 0) is 31.5 Å². The predicted molar refractivity (Wildman–Crippen MR) is 89.4 cm³/mol. The van der Waals surface area contributed by atoms with E-state index in [1.807, 2.05) is 24.7 Å². The summed E-state index contributed by atoms with van der Waals surface area (Å²) < 4.78 is 5.09. The third kappa shape index (κ3) is 2.38. The normalized spacial score (nSPS) is 11.5. The number of benzene rings is 1. The SMILES string of the molecule is Cc1ccc(Br)cc1-n1c(CCCl)nc2c(C)nn(C)c21. The van der Waals surface area contributed by atoms with Crippen molar-refractivity contribution < 1.29 is 0 Å². The van der Waals surface area contributed by atoms with Crippen LogP contribution in [-0.4, -0.2) is 25.2 Å². The number of halogens is 2. The number of hydrogen-bond donors (Lipinski definition) is 0. The van der Waals surface area contributed by atoms with Gasteiger partial charge in [-0.1, -0.05) is 22.0 Å². The number of aryl methyl sites for hydroxylation is 4. The van der Waals surface area contributed by atoms with E-state index in [4.69, 9.17) is 16.6 Å². The molecule has 0 amide bonds. The minimum atomic E-state index is 0.544. The second kappa shape index (κ2) is 5.46. The number of hydrogen-bond acceptors (Lipinski definition) is 2. The molecule has 0 fully saturated rings. The third-order valence-corrected chi connectivity index (χ3v) is 4.28. The lowest BCUT2D eigenvalue weighted by atomic mass is 10.2. The molecule has 6 heteroatoms. The summed E-state index contributed by atoms with van der Waals surface area (Å²) in [4.78, 5) is 4.75. The van der Waals surface area contributed by atoms with Crippen molar-refractivity contribution in [3.8, 4) is 5.69 Å². The van der Waals surface area contributed by atoms with Gasteiger partial charge >= 0.3 is 0 Å². The molecule has 0 aliphatic carbocycles. The van der Waals surface area contributed by atoms with Crippen molar-refractivity contribution in [2.24, 2.45) is 7.05 Å². The summed E-state index contributed by atoms with van der Waals surface area (Å²) in [6, 6.07) is 6.25. The lowest BCUT2D eigenvalue weighted by Gasteiger charge is -2.12. The zero-order chi connectivity index (χ0) is 15.1. The van der Waals surface area contributed by atoms with Crippen molar-refractivity contribution in [2.75, 3.05) is 5.88 Å². The Bertz CT molecular complexity index is 819. The van der Waals surface area contributed by atoms with Gasteiger partial charge in [-0.3, -0.25) is 4.57 Å². The molecule has 1 aromatic carbocycles. The summed E-state index contributed by atoms with van der Waals surface area (Å²) in [6.07, 6.45) is 0.724. The Balaban J connectivity index is 2.38. The van der Waals surface area contributed by atoms with Crippen molar-refractivity contribution in [2.45, 2.75) is 20.3 Å². The molecule has 0 aliphatic heterocycles. The van der Waals surface area contributed by atoms with E-state index in [-0.39, 0.29) is 0 Å². The molecule has 110 valence electrons. The van der Waals surface area contributed by atoms with E-state index in [2.05, 4.69) is 44.7 Å². The van der Waals surface area contributed by atoms with Crippen LogP contribution in [0.3, 0.4) is 0 Å². The highest BCUT2D eigenvalue weighted by Gasteiger charge is 2.19. The first-order valence-electron chi connectivity index (χ1n) is 6.76. The second-order valence-electron chi connectivity index (χ2n) is 5.11. The van der Waals surface area contributed by atoms with Crippen LogP contribution in [0.5, 0.6) is 0 Å². The fourth-order valence-electron chi connectivity index (χ4n) is 2.65. The highest BCUT2D eigenvalue weighted by atomic mass is 79.9. The van der Waals surface area contributed by atoms with Crippen molar-refractivity contribution >= 4 is 38.7 Å². The summed E-state index contributed by atoms with van der Waals surface area (Å²) in [5, 5.41) is 4.48. The van der Waals surface area contributed by atoms with Crippen LogP contribution in [0.4, 0.5) is 0 Å². The van der Waals surface area contributed by atoms with Crippen molar-refractivity contribution in [1.82, 2.24) is 19.3 Å². The summed E-state index contributed by atoms with van der Waals surface area (Å²) in [5.74, 6) is 1.51. The molecule has 0 aliphatic rings. The Morgan fingerprint density at radius 3 is 2.76 bits per heavy atom. The van der Waals surface area contributed by atoms with Gasteiger partial charge in [0.1, 0.15) is 11.3 Å². The summed E-state index contributed by atoms with van der Waals surface area (Å²) >= 11 is 9.51. The Kier molecular flexibility index (Phi) is 3.80. The second-order valence-corrected chi connectivity index (χ2v) is 6.41. The number of alkyl halides is 1. The molecule has 0 radical (unpaired) electrons. The highest BCUT2D eigenvalue weighted by Crippen LogP contribution is 2.27. The van der Waals surface area contributed by atoms with Gasteiger partial charge in [0.25, 0.3) is 0 Å². The van der Waals surface area contributed by atoms with Crippen molar-refractivity contribution in [3.63, 3.8) is 0 Å². The van der Waals surface area contributed by atoms with Crippen LogP contribution >= 0.6 is 27.5 Å². The first kappa shape index (κ1) is 14.6. The largest absolute Gasteiger partial charge is 0.281 e. The van der Waals surface area contributed by atoms with Crippen LogP contribution in [0.25, 0.3) is 16.9 Å². The molecule has 21 heavy (non-hydrogen) atoms. The fraction of sp³-hybridized carbons (Fsp3) is 0.333. The molecule has 0 unspecified atom stereocenters. The van der Waals surface area contributed by atoms with Crippen molar-refractivity contribution in [3.05, 3.63) is 39.8 Å². The molecule has 2 heterocycles. The summed E-state index contributed by atoms with van der Waals surface area (Å²) in [7, 11) is 1.95. The molecule has 4 nitrogen and oxygen atoms in total. The highest BCUT2D eigenvalue weighted by molar-refractivity contribution is 9.10. The van der Waals surface area contributed by atoms with Gasteiger partial charge in [0, 0.05) is 23.8 Å². The zero-order valence-corrected chi connectivity index (χ0v) is 14.5. The maximum absolute atomic E-state index is 5.96. The number of aromatic nitrogens is 4. The van der Waals surface area contributed by atoms with Crippen LogP contribution in [0.2, 0.25) is 0 Å². The van der Waals surface area contributed by atoms with E-state index in [0.717, 1.165) is 39.3 Å². The van der Waals surface area contributed by atoms with Gasteiger partial charge in [-0.15, -0.1) is 11.6 Å². The lowest BCUT2D eigenvalue weighted by molar-refractivity contribution is 0.750. The topological polar surface area (TPSA) is 35.6 Å². The van der Waals surface area contributed by atoms with Gasteiger partial charge in [0.05, 0.1) is 11.4 Å². The monoisotopic (exact) mass is 366 g/mol. The number of imidazole rings is 1. The molecule has 2 aromatic heterocycles. The first-order valence-corrected chi connectivity index (χ1v) is 8.09. The van der Waals surface area contributed by atoms with Gasteiger partial charge in [-0.2, -0.15) is 5.10 Å². The Labute approximate surface area is 136 Å².